The second kappa shape index (κ2) is 8.03. The number of rotatable bonds is 4. The molecule has 0 unspecified atom stereocenters. The van der Waals surface area contributed by atoms with Crippen molar-refractivity contribution < 1.29 is 13.2 Å². The fourth-order valence-corrected chi connectivity index (χ4v) is 3.46. The fraction of sp³-hybridized carbons (Fsp3) is 0.0909. The number of halogens is 3. The summed E-state index contributed by atoms with van der Waals surface area (Å²) in [6, 6.07) is 10.6. The van der Waals surface area contributed by atoms with Crippen molar-refractivity contribution in [3.05, 3.63) is 65.5 Å². The molecule has 0 aliphatic heterocycles. The second-order valence-electron chi connectivity index (χ2n) is 6.87. The van der Waals surface area contributed by atoms with E-state index in [1.165, 1.54) is 18.2 Å². The van der Waals surface area contributed by atoms with Gasteiger partial charge in [0.05, 0.1) is 16.9 Å². The Morgan fingerprint density at radius 1 is 0.938 bits per heavy atom. The quantitative estimate of drug-likeness (QED) is 0.491. The lowest BCUT2D eigenvalue weighted by molar-refractivity contribution is 0.584. The van der Waals surface area contributed by atoms with Crippen molar-refractivity contribution in [1.29, 1.82) is 5.26 Å². The molecule has 0 bridgehead atoms. The molecule has 0 fully saturated rings. The summed E-state index contributed by atoms with van der Waals surface area (Å²) in [5.74, 6) is -2.26. The zero-order valence-electron chi connectivity index (χ0n) is 16.8. The van der Waals surface area contributed by atoms with Crippen molar-refractivity contribution >= 4 is 34.2 Å². The highest BCUT2D eigenvalue weighted by Crippen LogP contribution is 2.38. The molecule has 0 aliphatic carbocycles. The first kappa shape index (κ1) is 20.9. The van der Waals surface area contributed by atoms with Crippen molar-refractivity contribution in [3.63, 3.8) is 0 Å². The molecule has 0 saturated heterocycles. The van der Waals surface area contributed by atoms with Gasteiger partial charge >= 0.3 is 0 Å². The van der Waals surface area contributed by atoms with Crippen LogP contribution in [-0.2, 0) is 0 Å². The molecule has 0 saturated carbocycles. The summed E-state index contributed by atoms with van der Waals surface area (Å²) in [7, 11) is 0. The molecule has 10 heteroatoms. The van der Waals surface area contributed by atoms with Gasteiger partial charge in [0.1, 0.15) is 34.9 Å². The highest BCUT2D eigenvalue weighted by atomic mass is 19.1. The number of anilines is 4. The van der Waals surface area contributed by atoms with Crippen molar-refractivity contribution in [2.24, 2.45) is 0 Å². The summed E-state index contributed by atoms with van der Waals surface area (Å²) < 4.78 is 41.9. The number of nitriles is 1. The number of pyridine rings is 1. The van der Waals surface area contributed by atoms with E-state index in [1.54, 1.807) is 17.9 Å². The maximum atomic E-state index is 14.0. The number of nitrogens with two attached hydrogens (primary N) is 2. The van der Waals surface area contributed by atoms with E-state index in [9.17, 15) is 18.4 Å². The van der Waals surface area contributed by atoms with Gasteiger partial charge in [0.25, 0.3) is 0 Å². The molecule has 2 aromatic heterocycles. The Labute approximate surface area is 180 Å². The first-order chi connectivity index (χ1) is 15.3. The van der Waals surface area contributed by atoms with Gasteiger partial charge in [-0.05, 0) is 37.3 Å². The minimum Gasteiger partial charge on any atom is -0.382 e. The van der Waals surface area contributed by atoms with Crippen LogP contribution in [0.1, 0.15) is 12.5 Å². The van der Waals surface area contributed by atoms with Crippen LogP contribution in [0.25, 0.3) is 22.2 Å². The molecule has 4 rings (SSSR count). The van der Waals surface area contributed by atoms with Crippen LogP contribution < -0.4 is 16.4 Å². The van der Waals surface area contributed by atoms with E-state index < -0.39 is 17.5 Å². The first-order valence-electron chi connectivity index (χ1n) is 9.48. The van der Waals surface area contributed by atoms with Gasteiger partial charge in [0.15, 0.2) is 5.82 Å². The van der Waals surface area contributed by atoms with Crippen LogP contribution >= 0.6 is 0 Å². The number of hydrogen-bond acceptors (Lipinski definition) is 7. The second-order valence-corrected chi connectivity index (χ2v) is 6.87. The summed E-state index contributed by atoms with van der Waals surface area (Å²) in [4.78, 5) is 14.1. The lowest BCUT2D eigenvalue weighted by Crippen LogP contribution is -2.22. The number of aromatic nitrogens is 3. The molecule has 7 nitrogen and oxygen atoms in total. The predicted molar refractivity (Wildman–Crippen MR) is 115 cm³/mol. The molecule has 2 heterocycles. The number of nitrogen functional groups attached to an aromatic ring is 2. The van der Waals surface area contributed by atoms with Gasteiger partial charge in [-0.25, -0.2) is 18.2 Å². The zero-order valence-corrected chi connectivity index (χ0v) is 16.8. The average Bonchev–Trinajstić information content (AvgIpc) is 2.73. The molecular weight excluding hydrogens is 419 g/mol. The largest absolute Gasteiger partial charge is 0.382 e. The highest BCUT2D eigenvalue weighted by molar-refractivity contribution is 5.91. The van der Waals surface area contributed by atoms with Gasteiger partial charge in [0.2, 0.25) is 5.95 Å². The molecule has 0 spiro atoms. The summed E-state index contributed by atoms with van der Waals surface area (Å²) in [5.41, 5.74) is 12.5. The van der Waals surface area contributed by atoms with E-state index >= 15 is 0 Å². The molecule has 0 radical (unpaired) electrons. The molecule has 0 amide bonds. The lowest BCUT2D eigenvalue weighted by atomic mass is 10.1. The molecule has 0 aliphatic rings. The molecule has 4 N–H and O–H groups in total. The molecular formula is C22H16F3N7. The monoisotopic (exact) mass is 435 g/mol. The van der Waals surface area contributed by atoms with Crippen molar-refractivity contribution in [3.8, 4) is 17.3 Å². The number of nitrogens with zero attached hydrogens (tertiary/aromatic N) is 5. The van der Waals surface area contributed by atoms with Crippen LogP contribution in [0.2, 0.25) is 0 Å². The minimum absolute atomic E-state index is 0.0170. The van der Waals surface area contributed by atoms with E-state index in [0.29, 0.717) is 11.1 Å². The lowest BCUT2D eigenvalue weighted by Gasteiger charge is -2.26. The number of benzene rings is 2. The van der Waals surface area contributed by atoms with Crippen LogP contribution in [0.3, 0.4) is 0 Å². The number of hydrogen-bond donors (Lipinski definition) is 2. The zero-order chi connectivity index (χ0) is 23.0. The highest BCUT2D eigenvalue weighted by Gasteiger charge is 2.23. The van der Waals surface area contributed by atoms with Crippen LogP contribution in [-0.4, -0.2) is 21.5 Å². The maximum absolute atomic E-state index is 14.0. The summed E-state index contributed by atoms with van der Waals surface area (Å²) in [6.45, 7) is 2.05. The van der Waals surface area contributed by atoms with Gasteiger partial charge in [-0.1, -0.05) is 0 Å². The third-order valence-corrected chi connectivity index (χ3v) is 4.81. The van der Waals surface area contributed by atoms with Crippen molar-refractivity contribution in [1.82, 2.24) is 15.0 Å². The fourth-order valence-electron chi connectivity index (χ4n) is 3.46. The Kier molecular flexibility index (Phi) is 5.24. The molecule has 32 heavy (non-hydrogen) atoms. The Bertz CT molecular complexity index is 1380. The molecule has 2 aromatic carbocycles. The van der Waals surface area contributed by atoms with Crippen LogP contribution in [0.5, 0.6) is 0 Å². The van der Waals surface area contributed by atoms with Gasteiger partial charge in [-0.3, -0.25) is 0 Å². The van der Waals surface area contributed by atoms with Gasteiger partial charge in [-0.15, -0.1) is 0 Å². The van der Waals surface area contributed by atoms with E-state index in [1.807, 2.05) is 6.07 Å². The van der Waals surface area contributed by atoms with E-state index in [-0.39, 0.29) is 46.5 Å². The Morgan fingerprint density at radius 2 is 1.66 bits per heavy atom. The van der Waals surface area contributed by atoms with Crippen molar-refractivity contribution in [2.45, 2.75) is 6.92 Å². The third-order valence-electron chi connectivity index (χ3n) is 4.81. The molecule has 160 valence electrons. The predicted octanol–water partition coefficient (Wildman–Crippen LogP) is 4.30. The minimum atomic E-state index is -0.802. The van der Waals surface area contributed by atoms with Gasteiger partial charge in [0, 0.05) is 29.6 Å². The summed E-state index contributed by atoms with van der Waals surface area (Å²) >= 11 is 0. The van der Waals surface area contributed by atoms with Crippen LogP contribution in [0.4, 0.5) is 36.4 Å². The van der Waals surface area contributed by atoms with E-state index in [2.05, 4.69) is 15.0 Å². The van der Waals surface area contributed by atoms with E-state index in [0.717, 1.165) is 18.2 Å². The summed E-state index contributed by atoms with van der Waals surface area (Å²) in [6.07, 6.45) is 0. The summed E-state index contributed by atoms with van der Waals surface area (Å²) in [5, 5.41) is 10.2. The van der Waals surface area contributed by atoms with Gasteiger partial charge in [-0.2, -0.15) is 15.2 Å². The Morgan fingerprint density at radius 3 is 2.31 bits per heavy atom. The third kappa shape index (κ3) is 3.72. The van der Waals surface area contributed by atoms with Gasteiger partial charge < -0.3 is 16.4 Å². The SMILES string of the molecule is CCN(c1cc2ccc(F)cc2nc1-c1cc(F)cc(F)c1)c1nc(N)nc(N)c1C#N. The Hall–Kier alpha value is -4.39. The molecule has 0 atom stereocenters. The smallest absolute Gasteiger partial charge is 0.224 e. The van der Waals surface area contributed by atoms with Crippen LogP contribution in [0, 0.1) is 28.8 Å². The average molecular weight is 435 g/mol. The number of fused-ring (bicyclic) bond motifs is 1. The first-order valence-corrected chi connectivity index (χ1v) is 9.48. The van der Waals surface area contributed by atoms with Crippen LogP contribution in [0.15, 0.2) is 42.5 Å². The van der Waals surface area contributed by atoms with E-state index in [4.69, 9.17) is 11.5 Å². The topological polar surface area (TPSA) is 118 Å². The molecule has 4 aromatic rings. The maximum Gasteiger partial charge on any atom is 0.224 e. The standard InChI is InChI=1S/C22H16F3N7/c1-2-32(21-16(10-26)20(27)30-22(28)31-21)18-7-11-3-4-13(23)9-17(11)29-19(18)12-5-14(24)8-15(25)6-12/h3-9H,2H2,1H3,(H4,27,28,30,31). The van der Waals surface area contributed by atoms with Crippen molar-refractivity contribution in [2.75, 3.05) is 22.9 Å². The Balaban J connectivity index is 2.06. The normalized spacial score (nSPS) is 10.8.